The third kappa shape index (κ3) is 6.38. The molecule has 0 saturated carbocycles. The second kappa shape index (κ2) is 15.7. The molecule has 1 aliphatic carbocycles. The number of aryl methyl sites for hydroxylation is 1. The summed E-state index contributed by atoms with van der Waals surface area (Å²) in [5, 5.41) is 3.60. The van der Waals surface area contributed by atoms with Crippen molar-refractivity contribution < 1.29 is 4.74 Å². The van der Waals surface area contributed by atoms with E-state index in [2.05, 4.69) is 213 Å². The van der Waals surface area contributed by atoms with Gasteiger partial charge >= 0.3 is 0 Å². The first-order valence-corrected chi connectivity index (χ1v) is 20.8. The molecule has 1 atom stereocenters. The number of benzene rings is 8. The monoisotopic (exact) mass is 771 g/mol. The van der Waals surface area contributed by atoms with E-state index in [9.17, 15) is 0 Å². The zero-order chi connectivity index (χ0) is 40.5. The lowest BCUT2D eigenvalue weighted by atomic mass is 9.63. The molecule has 0 radical (unpaired) electrons. The predicted molar refractivity (Wildman–Crippen MR) is 249 cm³/mol. The zero-order valence-electron chi connectivity index (χ0n) is 33.7. The number of allylic oxidation sites excluding steroid dienone is 3. The highest BCUT2D eigenvalue weighted by Gasteiger charge is 2.49. The summed E-state index contributed by atoms with van der Waals surface area (Å²) >= 11 is 0. The molecular weight excluding hydrogens is 727 g/mol. The smallest absolute Gasteiger partial charge is 0.127 e. The minimum atomic E-state index is -0.599. The maximum absolute atomic E-state index is 6.77. The van der Waals surface area contributed by atoms with Crippen LogP contribution in [0.4, 0.5) is 0 Å². The fourth-order valence-electron chi connectivity index (χ4n) is 9.47. The molecule has 0 bridgehead atoms. The fraction of sp³-hybridized carbons (Fsp3) is 0.0690. The Labute approximate surface area is 353 Å². The SMILES string of the molecule is C=C1c2ccccc2OCc2c(-c3ccccc3C3=CC(c4ccc(-c5ccccc5)cc4)NC=C3)cccc2C12c1ccccc1-c1ccccc12.Cc1ccccc1. The van der Waals surface area contributed by atoms with Gasteiger partial charge < -0.3 is 10.1 Å². The third-order valence-electron chi connectivity index (χ3n) is 12.3. The maximum Gasteiger partial charge on any atom is 0.127 e. The normalized spacial score (nSPS) is 15.3. The van der Waals surface area contributed by atoms with Crippen LogP contribution in [-0.2, 0) is 12.0 Å². The molecule has 11 rings (SSSR count). The number of para-hydroxylation sites is 1. The van der Waals surface area contributed by atoms with Crippen molar-refractivity contribution in [1.82, 2.24) is 5.32 Å². The maximum atomic E-state index is 6.77. The fourth-order valence-corrected chi connectivity index (χ4v) is 9.47. The van der Waals surface area contributed by atoms with Crippen LogP contribution in [-0.4, -0.2) is 0 Å². The summed E-state index contributed by atoms with van der Waals surface area (Å²) in [6.07, 6.45) is 6.63. The molecule has 2 aliphatic heterocycles. The highest BCUT2D eigenvalue weighted by atomic mass is 16.5. The van der Waals surface area contributed by atoms with E-state index in [4.69, 9.17) is 11.3 Å². The Morgan fingerprint density at radius 1 is 0.500 bits per heavy atom. The van der Waals surface area contributed by atoms with E-state index in [-0.39, 0.29) is 6.04 Å². The summed E-state index contributed by atoms with van der Waals surface area (Å²) < 4.78 is 6.77. The molecule has 288 valence electrons. The van der Waals surface area contributed by atoms with Gasteiger partial charge in [0.15, 0.2) is 0 Å². The minimum Gasteiger partial charge on any atom is -0.488 e. The van der Waals surface area contributed by atoms with Crippen molar-refractivity contribution in [3.63, 3.8) is 0 Å². The largest absolute Gasteiger partial charge is 0.488 e. The molecule has 1 unspecified atom stereocenters. The first-order valence-electron chi connectivity index (χ1n) is 20.8. The van der Waals surface area contributed by atoms with Crippen LogP contribution >= 0.6 is 0 Å². The van der Waals surface area contributed by atoms with E-state index in [1.807, 2.05) is 18.2 Å². The van der Waals surface area contributed by atoms with Crippen LogP contribution in [0.1, 0.15) is 50.5 Å². The number of nitrogens with one attached hydrogen (secondary N) is 1. The zero-order valence-corrected chi connectivity index (χ0v) is 33.7. The number of rotatable bonds is 4. The van der Waals surface area contributed by atoms with Crippen LogP contribution < -0.4 is 10.1 Å². The molecule has 8 aromatic rings. The molecule has 2 heteroatoms. The molecule has 0 amide bonds. The summed E-state index contributed by atoms with van der Waals surface area (Å²) in [5.74, 6) is 0.859. The van der Waals surface area contributed by atoms with Crippen LogP contribution in [0, 0.1) is 6.92 Å². The molecule has 0 aromatic heterocycles. The van der Waals surface area contributed by atoms with E-state index >= 15 is 0 Å². The highest BCUT2D eigenvalue weighted by Crippen LogP contribution is 2.61. The Kier molecular flexibility index (Phi) is 9.67. The Bertz CT molecular complexity index is 2870. The van der Waals surface area contributed by atoms with Gasteiger partial charge in [0.25, 0.3) is 0 Å². The van der Waals surface area contributed by atoms with Gasteiger partial charge in [-0.1, -0.05) is 206 Å². The molecule has 0 saturated heterocycles. The summed E-state index contributed by atoms with van der Waals surface area (Å²) in [5.41, 5.74) is 18.6. The summed E-state index contributed by atoms with van der Waals surface area (Å²) in [4.78, 5) is 0. The quantitative estimate of drug-likeness (QED) is 0.192. The van der Waals surface area contributed by atoms with Crippen molar-refractivity contribution in [3.8, 4) is 39.1 Å². The van der Waals surface area contributed by atoms with Crippen molar-refractivity contribution in [2.24, 2.45) is 0 Å². The Morgan fingerprint density at radius 2 is 1.03 bits per heavy atom. The van der Waals surface area contributed by atoms with E-state index in [0.717, 1.165) is 16.9 Å². The van der Waals surface area contributed by atoms with Gasteiger partial charge in [0.2, 0.25) is 0 Å². The van der Waals surface area contributed by atoms with Crippen LogP contribution in [0.2, 0.25) is 0 Å². The molecule has 60 heavy (non-hydrogen) atoms. The number of hydrogen-bond acceptors (Lipinski definition) is 2. The molecule has 3 aliphatic rings. The molecule has 2 nitrogen and oxygen atoms in total. The average molecular weight is 772 g/mol. The molecular formula is C58H45NO. The lowest BCUT2D eigenvalue weighted by Gasteiger charge is -2.39. The first kappa shape index (κ1) is 36.9. The van der Waals surface area contributed by atoms with Gasteiger partial charge in [-0.2, -0.15) is 0 Å². The van der Waals surface area contributed by atoms with E-state index in [0.29, 0.717) is 6.61 Å². The first-order chi connectivity index (χ1) is 29.6. The predicted octanol–water partition coefficient (Wildman–Crippen LogP) is 14.2. The van der Waals surface area contributed by atoms with Crippen molar-refractivity contribution in [3.05, 3.63) is 270 Å². The topological polar surface area (TPSA) is 21.3 Å². The average Bonchev–Trinajstić information content (AvgIpc) is 3.62. The van der Waals surface area contributed by atoms with E-state index < -0.39 is 5.41 Å². The van der Waals surface area contributed by atoms with Gasteiger partial charge in [-0.25, -0.2) is 0 Å². The lowest BCUT2D eigenvalue weighted by molar-refractivity contribution is 0.301. The minimum absolute atomic E-state index is 0.0437. The summed E-state index contributed by atoms with van der Waals surface area (Å²) in [6, 6.07) is 71.5. The van der Waals surface area contributed by atoms with Gasteiger partial charge in [-0.15, -0.1) is 0 Å². The third-order valence-corrected chi connectivity index (χ3v) is 12.3. The van der Waals surface area contributed by atoms with Crippen LogP contribution in [0.15, 0.2) is 225 Å². The van der Waals surface area contributed by atoms with E-state index in [1.165, 1.54) is 77.9 Å². The van der Waals surface area contributed by atoms with Crippen LogP contribution in [0.25, 0.3) is 44.5 Å². The summed E-state index contributed by atoms with van der Waals surface area (Å²) in [7, 11) is 0. The number of fused-ring (bicyclic) bond motifs is 8. The Hall–Kier alpha value is -7.42. The molecule has 2 heterocycles. The lowest BCUT2D eigenvalue weighted by Crippen LogP contribution is -2.31. The van der Waals surface area contributed by atoms with Gasteiger partial charge in [-0.05, 0) is 104 Å². The van der Waals surface area contributed by atoms with Gasteiger partial charge in [0.05, 0.1) is 11.5 Å². The standard InChI is InChI=1S/C51H37NO.C7H8/c1-34-39-16-9-12-25-50(39)53-33-45-42(21-13-24-48(45)51(34)46-22-10-7-19-43(46)44-20-8-11-23-47(44)51)41-18-6-5-17-40(41)38-30-31-52-49(32-38)37-28-26-36(27-29-37)35-14-3-2-4-15-35;1-7-5-3-2-4-6-7/h2-32,49,52H,1,33H2;2-6H,1H3. The van der Waals surface area contributed by atoms with Gasteiger partial charge in [0.1, 0.15) is 12.4 Å². The number of hydrogen-bond donors (Lipinski definition) is 1. The van der Waals surface area contributed by atoms with Crippen molar-refractivity contribution >= 4 is 11.1 Å². The second-order valence-corrected chi connectivity index (χ2v) is 15.7. The molecule has 1 spiro atoms. The van der Waals surface area contributed by atoms with Crippen LogP contribution in [0.5, 0.6) is 5.75 Å². The summed E-state index contributed by atoms with van der Waals surface area (Å²) in [6.45, 7) is 7.45. The van der Waals surface area contributed by atoms with Crippen molar-refractivity contribution in [2.45, 2.75) is 25.0 Å². The molecule has 0 fully saturated rings. The van der Waals surface area contributed by atoms with Crippen LogP contribution in [0.3, 0.4) is 0 Å². The number of ether oxygens (including phenoxy) is 1. The highest BCUT2D eigenvalue weighted by molar-refractivity contribution is 5.97. The Balaban J connectivity index is 0.000000564. The second-order valence-electron chi connectivity index (χ2n) is 15.7. The van der Waals surface area contributed by atoms with Crippen molar-refractivity contribution in [2.75, 3.05) is 0 Å². The van der Waals surface area contributed by atoms with Gasteiger partial charge in [-0.3, -0.25) is 0 Å². The molecule has 8 aromatic carbocycles. The molecule has 1 N–H and O–H groups in total. The number of dihydropyridines is 1. The van der Waals surface area contributed by atoms with E-state index in [1.54, 1.807) is 0 Å². The van der Waals surface area contributed by atoms with Gasteiger partial charge in [0, 0.05) is 11.1 Å². The van der Waals surface area contributed by atoms with Crippen molar-refractivity contribution in [1.29, 1.82) is 0 Å². The Morgan fingerprint density at radius 3 is 1.70 bits per heavy atom.